The zero-order chi connectivity index (χ0) is 12.4. The van der Waals surface area contributed by atoms with Gasteiger partial charge in [0.15, 0.2) is 0 Å². The van der Waals surface area contributed by atoms with Crippen LogP contribution in [0, 0.1) is 0 Å². The fraction of sp³-hybridized carbons (Fsp3) is 0.0588. The lowest BCUT2D eigenvalue weighted by Crippen LogP contribution is -1.83. The van der Waals surface area contributed by atoms with Gasteiger partial charge in [-0.3, -0.25) is 0 Å². The van der Waals surface area contributed by atoms with Crippen LogP contribution in [0.25, 0.3) is 21.9 Å². The molecule has 3 aromatic carbocycles. The number of hydrogen-bond acceptors (Lipinski definition) is 1. The monoisotopic (exact) mass is 234 g/mol. The quantitative estimate of drug-likeness (QED) is 0.633. The van der Waals surface area contributed by atoms with E-state index in [-0.39, 0.29) is 0 Å². The molecule has 18 heavy (non-hydrogen) atoms. The highest BCUT2D eigenvalue weighted by atomic mass is 16.5. The minimum absolute atomic E-state index is 0.888. The number of methoxy groups -OCH3 is 1. The summed E-state index contributed by atoms with van der Waals surface area (Å²) in [6.07, 6.45) is 0. The van der Waals surface area contributed by atoms with Crippen LogP contribution in [-0.4, -0.2) is 7.11 Å². The molecule has 0 unspecified atom stereocenters. The van der Waals surface area contributed by atoms with Gasteiger partial charge in [-0.2, -0.15) is 0 Å². The molecule has 0 bridgehead atoms. The molecule has 0 N–H and O–H groups in total. The minimum atomic E-state index is 0.888. The predicted molar refractivity (Wildman–Crippen MR) is 75.9 cm³/mol. The van der Waals surface area contributed by atoms with Crippen LogP contribution in [0.5, 0.6) is 5.75 Å². The average Bonchev–Trinajstić information content (AvgIpc) is 2.47. The molecule has 0 saturated heterocycles. The van der Waals surface area contributed by atoms with E-state index in [0.29, 0.717) is 0 Å². The standard InChI is InChI=1S/C17H14O/c1-18-17-10-8-14(9-11-17)16-7-6-13-4-2-3-5-15(13)12-16/h2-12H,1H3. The molecule has 0 radical (unpaired) electrons. The van der Waals surface area contributed by atoms with Crippen LogP contribution in [0.3, 0.4) is 0 Å². The molecule has 1 heteroatoms. The van der Waals surface area contributed by atoms with Gasteiger partial charge in [0.05, 0.1) is 7.11 Å². The number of rotatable bonds is 2. The molecule has 0 atom stereocenters. The summed E-state index contributed by atoms with van der Waals surface area (Å²) in [6.45, 7) is 0. The van der Waals surface area contributed by atoms with Gasteiger partial charge in [0.1, 0.15) is 5.75 Å². The van der Waals surface area contributed by atoms with Crippen LogP contribution in [-0.2, 0) is 0 Å². The van der Waals surface area contributed by atoms with E-state index in [2.05, 4.69) is 54.6 Å². The van der Waals surface area contributed by atoms with Crippen molar-refractivity contribution in [3.05, 3.63) is 66.7 Å². The van der Waals surface area contributed by atoms with Gasteiger partial charge in [-0.25, -0.2) is 0 Å². The molecule has 0 aliphatic rings. The molecule has 0 aromatic heterocycles. The Morgan fingerprint density at radius 1 is 0.667 bits per heavy atom. The Morgan fingerprint density at radius 2 is 1.33 bits per heavy atom. The third-order valence-electron chi connectivity index (χ3n) is 3.17. The van der Waals surface area contributed by atoms with E-state index in [9.17, 15) is 0 Å². The fourth-order valence-corrected chi connectivity index (χ4v) is 2.15. The molecule has 0 spiro atoms. The van der Waals surface area contributed by atoms with Crippen molar-refractivity contribution in [3.63, 3.8) is 0 Å². The van der Waals surface area contributed by atoms with Crippen LogP contribution in [0.1, 0.15) is 0 Å². The van der Waals surface area contributed by atoms with Gasteiger partial charge < -0.3 is 4.74 Å². The van der Waals surface area contributed by atoms with Crippen LogP contribution in [0.15, 0.2) is 66.7 Å². The van der Waals surface area contributed by atoms with Gasteiger partial charge in [-0.05, 0) is 40.1 Å². The lowest BCUT2D eigenvalue weighted by atomic mass is 10.0. The second-order valence-corrected chi connectivity index (χ2v) is 4.29. The Morgan fingerprint density at radius 3 is 2.06 bits per heavy atom. The van der Waals surface area contributed by atoms with Crippen molar-refractivity contribution in [2.24, 2.45) is 0 Å². The highest BCUT2D eigenvalue weighted by Crippen LogP contribution is 2.25. The number of hydrogen-bond donors (Lipinski definition) is 0. The summed E-state index contributed by atoms with van der Waals surface area (Å²) >= 11 is 0. The van der Waals surface area contributed by atoms with Crippen LogP contribution in [0.4, 0.5) is 0 Å². The van der Waals surface area contributed by atoms with Crippen molar-refractivity contribution in [1.82, 2.24) is 0 Å². The molecule has 3 aromatic rings. The average molecular weight is 234 g/mol. The van der Waals surface area contributed by atoms with Crippen molar-refractivity contribution in [3.8, 4) is 16.9 Å². The highest BCUT2D eigenvalue weighted by molar-refractivity contribution is 5.87. The zero-order valence-corrected chi connectivity index (χ0v) is 10.3. The largest absolute Gasteiger partial charge is 0.497 e. The summed E-state index contributed by atoms with van der Waals surface area (Å²) in [7, 11) is 1.69. The summed E-state index contributed by atoms with van der Waals surface area (Å²) in [5, 5.41) is 2.54. The second kappa shape index (κ2) is 4.53. The third kappa shape index (κ3) is 1.95. The van der Waals surface area contributed by atoms with Gasteiger partial charge in [-0.15, -0.1) is 0 Å². The topological polar surface area (TPSA) is 9.23 Å². The molecular weight excluding hydrogens is 220 g/mol. The Labute approximate surface area is 107 Å². The first-order chi connectivity index (χ1) is 8.86. The van der Waals surface area contributed by atoms with Crippen LogP contribution < -0.4 is 4.74 Å². The summed E-state index contributed by atoms with van der Waals surface area (Å²) in [5.74, 6) is 0.888. The molecule has 88 valence electrons. The first kappa shape index (κ1) is 10.8. The summed E-state index contributed by atoms with van der Waals surface area (Å²) in [6, 6.07) is 23.1. The molecule has 1 nitrogen and oxygen atoms in total. The lowest BCUT2D eigenvalue weighted by Gasteiger charge is -2.05. The first-order valence-electron chi connectivity index (χ1n) is 6.00. The number of benzene rings is 3. The van der Waals surface area contributed by atoms with Gasteiger partial charge in [-0.1, -0.05) is 48.5 Å². The van der Waals surface area contributed by atoms with Crippen LogP contribution >= 0.6 is 0 Å². The SMILES string of the molecule is COc1ccc(-c2ccc3ccccc3c2)cc1. The van der Waals surface area contributed by atoms with E-state index in [0.717, 1.165) is 5.75 Å². The van der Waals surface area contributed by atoms with Crippen LogP contribution in [0.2, 0.25) is 0 Å². The van der Waals surface area contributed by atoms with E-state index in [1.807, 2.05) is 12.1 Å². The maximum atomic E-state index is 5.18. The highest BCUT2D eigenvalue weighted by Gasteiger charge is 1.99. The number of fused-ring (bicyclic) bond motifs is 1. The van der Waals surface area contributed by atoms with Gasteiger partial charge in [0.25, 0.3) is 0 Å². The smallest absolute Gasteiger partial charge is 0.118 e. The summed E-state index contributed by atoms with van der Waals surface area (Å²) in [5.41, 5.74) is 2.44. The van der Waals surface area contributed by atoms with E-state index >= 15 is 0 Å². The Hall–Kier alpha value is -2.28. The minimum Gasteiger partial charge on any atom is -0.497 e. The molecule has 0 saturated carbocycles. The normalized spacial score (nSPS) is 10.5. The Balaban J connectivity index is 2.07. The van der Waals surface area contributed by atoms with Crippen molar-refractivity contribution in [2.75, 3.05) is 7.11 Å². The fourth-order valence-electron chi connectivity index (χ4n) is 2.15. The van der Waals surface area contributed by atoms with Crippen molar-refractivity contribution >= 4 is 10.8 Å². The Bertz CT molecular complexity index is 669. The van der Waals surface area contributed by atoms with Crippen molar-refractivity contribution in [2.45, 2.75) is 0 Å². The molecular formula is C17H14O. The van der Waals surface area contributed by atoms with Gasteiger partial charge >= 0.3 is 0 Å². The number of ether oxygens (including phenoxy) is 1. The van der Waals surface area contributed by atoms with E-state index in [1.54, 1.807) is 7.11 Å². The first-order valence-corrected chi connectivity index (χ1v) is 6.00. The third-order valence-corrected chi connectivity index (χ3v) is 3.17. The maximum Gasteiger partial charge on any atom is 0.118 e. The summed E-state index contributed by atoms with van der Waals surface area (Å²) in [4.78, 5) is 0. The zero-order valence-electron chi connectivity index (χ0n) is 10.3. The Kier molecular flexibility index (Phi) is 2.73. The lowest BCUT2D eigenvalue weighted by molar-refractivity contribution is 0.415. The molecule has 3 rings (SSSR count). The molecule has 0 heterocycles. The molecule has 0 amide bonds. The van der Waals surface area contributed by atoms with Crippen molar-refractivity contribution in [1.29, 1.82) is 0 Å². The van der Waals surface area contributed by atoms with E-state index in [1.165, 1.54) is 21.9 Å². The predicted octanol–water partition coefficient (Wildman–Crippen LogP) is 4.52. The van der Waals surface area contributed by atoms with Gasteiger partial charge in [0.2, 0.25) is 0 Å². The summed E-state index contributed by atoms with van der Waals surface area (Å²) < 4.78 is 5.18. The van der Waals surface area contributed by atoms with E-state index in [4.69, 9.17) is 4.74 Å². The van der Waals surface area contributed by atoms with E-state index < -0.39 is 0 Å². The molecule has 0 aliphatic carbocycles. The molecule has 0 aliphatic heterocycles. The molecule has 0 fully saturated rings. The van der Waals surface area contributed by atoms with Crippen molar-refractivity contribution < 1.29 is 4.74 Å². The maximum absolute atomic E-state index is 5.18. The van der Waals surface area contributed by atoms with Gasteiger partial charge in [0, 0.05) is 0 Å². The second-order valence-electron chi connectivity index (χ2n) is 4.29.